The van der Waals surface area contributed by atoms with Crippen molar-refractivity contribution in [3.05, 3.63) is 65.3 Å². The number of aromatic nitrogens is 1. The van der Waals surface area contributed by atoms with Gasteiger partial charge in [-0.3, -0.25) is 9.54 Å². The zero-order valence-electron chi connectivity index (χ0n) is 12.1. The van der Waals surface area contributed by atoms with E-state index in [9.17, 15) is 18.7 Å². The summed E-state index contributed by atoms with van der Waals surface area (Å²) in [5.74, 6) is -1.29. The largest absolute Gasteiger partial charge is 0.478 e. The van der Waals surface area contributed by atoms with E-state index in [2.05, 4.69) is 4.98 Å². The molecule has 1 aromatic heterocycles. The minimum Gasteiger partial charge on any atom is -0.478 e. The number of nitrogens with zero attached hydrogens (tertiary/aromatic N) is 2. The minimum absolute atomic E-state index is 0.00832. The van der Waals surface area contributed by atoms with E-state index in [0.29, 0.717) is 11.2 Å². The third kappa shape index (κ3) is 2.84. The molecule has 1 unspecified atom stereocenters. The van der Waals surface area contributed by atoms with Gasteiger partial charge in [0.25, 0.3) is 11.3 Å². The summed E-state index contributed by atoms with van der Waals surface area (Å²) >= 11 is 3.45. The molecule has 0 saturated heterocycles. The number of hydrogen-bond donors (Lipinski definition) is 2. The fourth-order valence-corrected chi connectivity index (χ4v) is 3.33. The van der Waals surface area contributed by atoms with Gasteiger partial charge in [0.1, 0.15) is 5.56 Å². The van der Waals surface area contributed by atoms with E-state index in [4.69, 9.17) is 11.6 Å². The molecule has 0 saturated carbocycles. The Balaban J connectivity index is 2.32. The molecule has 24 heavy (non-hydrogen) atoms. The van der Waals surface area contributed by atoms with Gasteiger partial charge < -0.3 is 5.11 Å². The van der Waals surface area contributed by atoms with E-state index < -0.39 is 17.2 Å². The van der Waals surface area contributed by atoms with E-state index in [1.54, 1.807) is 36.5 Å². The Labute approximate surface area is 144 Å². The fraction of sp³-hybridized carbons (Fsp3) is 0. The Morgan fingerprint density at radius 1 is 1.08 bits per heavy atom. The molecule has 0 aliphatic carbocycles. The second-order valence-electron chi connectivity index (χ2n) is 4.82. The predicted molar refractivity (Wildman–Crippen MR) is 93.1 cm³/mol. The van der Waals surface area contributed by atoms with Crippen molar-refractivity contribution >= 4 is 51.1 Å². The van der Waals surface area contributed by atoms with Crippen molar-refractivity contribution in [2.75, 3.05) is 4.31 Å². The molecule has 2 N–H and O–H groups in total. The van der Waals surface area contributed by atoms with Crippen LogP contribution in [0.25, 0.3) is 10.9 Å². The van der Waals surface area contributed by atoms with Crippen molar-refractivity contribution in [1.29, 1.82) is 0 Å². The van der Waals surface area contributed by atoms with Gasteiger partial charge in [0.2, 0.25) is 0 Å². The number of aromatic carboxylic acids is 1. The molecule has 3 aromatic rings. The number of hydrogen-bond acceptors (Lipinski definition) is 3. The normalized spacial score (nSPS) is 12.1. The first-order chi connectivity index (χ1) is 11.5. The summed E-state index contributed by atoms with van der Waals surface area (Å²) in [6, 6.07) is 13.0. The lowest BCUT2D eigenvalue weighted by Gasteiger charge is -2.23. The lowest BCUT2D eigenvalue weighted by Crippen LogP contribution is -2.22. The molecule has 0 amide bonds. The van der Waals surface area contributed by atoms with Crippen molar-refractivity contribution in [3.8, 4) is 0 Å². The van der Waals surface area contributed by atoms with E-state index in [-0.39, 0.29) is 16.3 Å². The van der Waals surface area contributed by atoms with Crippen molar-refractivity contribution in [1.82, 2.24) is 4.98 Å². The summed E-state index contributed by atoms with van der Waals surface area (Å²) in [6.07, 6.45) is 1.56. The second-order valence-corrected chi connectivity index (χ2v) is 6.05. The first kappa shape index (κ1) is 16.4. The highest BCUT2D eigenvalue weighted by Crippen LogP contribution is 2.36. The molecular formula is C16H11ClN2O4S. The van der Waals surface area contributed by atoms with Gasteiger partial charge in [0.15, 0.2) is 0 Å². The van der Waals surface area contributed by atoms with E-state index >= 15 is 0 Å². The Kier molecular flexibility index (Phi) is 4.48. The number of para-hydroxylation sites is 1. The summed E-state index contributed by atoms with van der Waals surface area (Å²) < 4.78 is 22.8. The predicted octanol–water partition coefficient (Wildman–Crippen LogP) is 3.86. The molecule has 6 nitrogen and oxygen atoms in total. The standard InChI is InChI=1S/C16H11ClN2O4S/c17-11-6-2-7-12(14(11)16(20)21)19(24(22)23)13-8-1-4-10-5-3-9-18-15(10)13/h1-9H,(H,20,21)(H,22,23). The van der Waals surface area contributed by atoms with Gasteiger partial charge in [-0.2, -0.15) is 0 Å². The van der Waals surface area contributed by atoms with E-state index in [1.807, 2.05) is 0 Å². The van der Waals surface area contributed by atoms with Crippen LogP contribution in [0.1, 0.15) is 10.4 Å². The molecule has 0 bridgehead atoms. The minimum atomic E-state index is -2.53. The van der Waals surface area contributed by atoms with E-state index in [0.717, 1.165) is 9.69 Å². The van der Waals surface area contributed by atoms with Crippen LogP contribution in [0.3, 0.4) is 0 Å². The molecule has 2 aromatic carbocycles. The Morgan fingerprint density at radius 2 is 1.75 bits per heavy atom. The van der Waals surface area contributed by atoms with Gasteiger partial charge in [-0.1, -0.05) is 35.9 Å². The number of pyridine rings is 1. The van der Waals surface area contributed by atoms with Crippen LogP contribution in [0.5, 0.6) is 0 Å². The molecule has 122 valence electrons. The molecule has 8 heteroatoms. The lowest BCUT2D eigenvalue weighted by molar-refractivity contribution is 0.0698. The van der Waals surface area contributed by atoms with Crippen LogP contribution in [0.2, 0.25) is 5.02 Å². The van der Waals surface area contributed by atoms with Crippen LogP contribution in [0.4, 0.5) is 11.4 Å². The average Bonchev–Trinajstić information content (AvgIpc) is 2.54. The Morgan fingerprint density at radius 3 is 2.46 bits per heavy atom. The van der Waals surface area contributed by atoms with Crippen molar-refractivity contribution in [2.45, 2.75) is 0 Å². The summed E-state index contributed by atoms with van der Waals surface area (Å²) in [6.45, 7) is 0. The molecule has 3 rings (SSSR count). The molecular weight excluding hydrogens is 352 g/mol. The third-order valence-corrected chi connectivity index (χ3v) is 4.43. The SMILES string of the molecule is O=C(O)c1c(Cl)cccc1N(c1cccc2cccnc12)S(=O)O. The average molecular weight is 363 g/mol. The van der Waals surface area contributed by atoms with Gasteiger partial charge in [0.05, 0.1) is 21.9 Å². The summed E-state index contributed by atoms with van der Waals surface area (Å²) in [7, 11) is 0. The molecule has 0 radical (unpaired) electrons. The number of carboxylic acid groups (broad SMARTS) is 1. The highest BCUT2D eigenvalue weighted by atomic mass is 35.5. The van der Waals surface area contributed by atoms with Gasteiger partial charge in [-0.05, 0) is 24.3 Å². The smallest absolute Gasteiger partial charge is 0.339 e. The van der Waals surface area contributed by atoms with Crippen molar-refractivity contribution in [3.63, 3.8) is 0 Å². The van der Waals surface area contributed by atoms with Crippen LogP contribution in [0, 0.1) is 0 Å². The maximum Gasteiger partial charge on any atom is 0.339 e. The van der Waals surface area contributed by atoms with Crippen LogP contribution in [0.15, 0.2) is 54.7 Å². The quantitative estimate of drug-likeness (QED) is 0.688. The number of fused-ring (bicyclic) bond motifs is 1. The molecule has 0 aliphatic heterocycles. The molecule has 1 heterocycles. The van der Waals surface area contributed by atoms with E-state index in [1.165, 1.54) is 18.2 Å². The fourth-order valence-electron chi connectivity index (χ4n) is 2.44. The van der Waals surface area contributed by atoms with Crippen LogP contribution in [-0.4, -0.2) is 24.8 Å². The second kappa shape index (κ2) is 6.56. The summed E-state index contributed by atoms with van der Waals surface area (Å²) in [5, 5.41) is 10.2. The Bertz CT molecular complexity index is 958. The molecule has 0 spiro atoms. The zero-order valence-corrected chi connectivity index (χ0v) is 13.7. The summed E-state index contributed by atoms with van der Waals surface area (Å²) in [5.41, 5.74) is 0.529. The maximum atomic E-state index is 12.0. The number of carbonyl (C=O) groups is 1. The molecule has 0 fully saturated rings. The lowest BCUT2D eigenvalue weighted by atomic mass is 10.1. The molecule has 1 atom stereocenters. The highest BCUT2D eigenvalue weighted by molar-refractivity contribution is 7.81. The van der Waals surface area contributed by atoms with Crippen molar-refractivity contribution < 1.29 is 18.7 Å². The van der Waals surface area contributed by atoms with Gasteiger partial charge >= 0.3 is 5.97 Å². The number of carboxylic acids is 1. The monoisotopic (exact) mass is 362 g/mol. The number of rotatable bonds is 4. The van der Waals surface area contributed by atoms with Gasteiger partial charge in [-0.15, -0.1) is 0 Å². The summed E-state index contributed by atoms with van der Waals surface area (Å²) in [4.78, 5) is 15.8. The molecule has 0 aliphatic rings. The number of anilines is 2. The van der Waals surface area contributed by atoms with Gasteiger partial charge in [-0.25, -0.2) is 13.3 Å². The zero-order chi connectivity index (χ0) is 17.3. The Hall–Kier alpha value is -2.48. The number of benzene rings is 2. The van der Waals surface area contributed by atoms with Crippen LogP contribution in [-0.2, 0) is 11.3 Å². The number of halogens is 1. The third-order valence-electron chi connectivity index (χ3n) is 3.41. The van der Waals surface area contributed by atoms with Crippen LogP contribution < -0.4 is 4.31 Å². The van der Waals surface area contributed by atoms with Crippen LogP contribution >= 0.6 is 11.6 Å². The van der Waals surface area contributed by atoms with Crippen molar-refractivity contribution in [2.24, 2.45) is 0 Å². The maximum absolute atomic E-state index is 12.0. The topological polar surface area (TPSA) is 90.7 Å². The van der Waals surface area contributed by atoms with Gasteiger partial charge in [0, 0.05) is 11.6 Å². The first-order valence-electron chi connectivity index (χ1n) is 6.77. The first-order valence-corrected chi connectivity index (χ1v) is 8.21. The highest BCUT2D eigenvalue weighted by Gasteiger charge is 2.25.